The van der Waals surface area contributed by atoms with Crippen LogP contribution in [-0.2, 0) is 9.47 Å². The molecule has 0 radical (unpaired) electrons. The van der Waals surface area contributed by atoms with Crippen LogP contribution in [0.3, 0.4) is 0 Å². The molecule has 1 saturated heterocycles. The second kappa shape index (κ2) is 7.02. The molecule has 0 saturated carbocycles. The molecule has 0 aromatic rings. The highest BCUT2D eigenvalue weighted by Gasteiger charge is 2.15. The Bertz CT molecular complexity index is 156. The van der Waals surface area contributed by atoms with Crippen LogP contribution in [0.2, 0.25) is 0 Å². The molecule has 0 aromatic heterocycles. The molecule has 82 valence electrons. The van der Waals surface area contributed by atoms with Crippen LogP contribution in [0.5, 0.6) is 0 Å². The summed E-state index contributed by atoms with van der Waals surface area (Å²) in [6.07, 6.45) is 7.59. The quantitative estimate of drug-likeness (QED) is 0.481. The molecule has 0 bridgehead atoms. The lowest BCUT2D eigenvalue weighted by Gasteiger charge is -2.24. The van der Waals surface area contributed by atoms with Gasteiger partial charge in [-0.2, -0.15) is 0 Å². The Morgan fingerprint density at radius 3 is 2.43 bits per heavy atom. The summed E-state index contributed by atoms with van der Waals surface area (Å²) < 4.78 is 10.9. The lowest BCUT2D eigenvalue weighted by atomic mass is 10.1. The van der Waals surface area contributed by atoms with Crippen molar-refractivity contribution < 1.29 is 9.47 Å². The molecule has 1 aliphatic heterocycles. The first-order chi connectivity index (χ1) is 6.83. The number of hydrogen-bond acceptors (Lipinski definition) is 2. The molecule has 2 nitrogen and oxygen atoms in total. The molecule has 14 heavy (non-hydrogen) atoms. The van der Waals surface area contributed by atoms with Crippen molar-refractivity contribution in [3.05, 3.63) is 12.2 Å². The molecule has 0 atom stereocenters. The molecule has 0 amide bonds. The minimum Gasteiger partial charge on any atom is -0.348 e. The maximum Gasteiger partial charge on any atom is 0.158 e. The summed E-state index contributed by atoms with van der Waals surface area (Å²) in [5, 5.41) is 0. The molecule has 1 aliphatic rings. The smallest absolute Gasteiger partial charge is 0.158 e. The van der Waals surface area contributed by atoms with E-state index in [0.717, 1.165) is 12.0 Å². The molecule has 1 fully saturated rings. The van der Waals surface area contributed by atoms with E-state index in [1.165, 1.54) is 32.1 Å². The van der Waals surface area contributed by atoms with Crippen LogP contribution in [0, 0.1) is 0 Å². The SMILES string of the molecule is C=C1COC(CCCCCCC)OC1. The normalized spacial score (nSPS) is 18.8. The monoisotopic (exact) mass is 198 g/mol. The Labute approximate surface area is 87.3 Å². The van der Waals surface area contributed by atoms with Gasteiger partial charge in [0.15, 0.2) is 6.29 Å². The van der Waals surface area contributed by atoms with Crippen molar-refractivity contribution in [2.24, 2.45) is 0 Å². The van der Waals surface area contributed by atoms with E-state index >= 15 is 0 Å². The zero-order valence-corrected chi connectivity index (χ0v) is 9.26. The predicted molar refractivity (Wildman–Crippen MR) is 58.2 cm³/mol. The van der Waals surface area contributed by atoms with Gasteiger partial charge >= 0.3 is 0 Å². The van der Waals surface area contributed by atoms with Crippen LogP contribution in [0.15, 0.2) is 12.2 Å². The van der Waals surface area contributed by atoms with E-state index < -0.39 is 0 Å². The number of ether oxygens (including phenoxy) is 2. The van der Waals surface area contributed by atoms with Gasteiger partial charge in [0.1, 0.15) is 0 Å². The average Bonchev–Trinajstić information content (AvgIpc) is 2.21. The van der Waals surface area contributed by atoms with Gasteiger partial charge in [0, 0.05) is 0 Å². The van der Waals surface area contributed by atoms with Gasteiger partial charge in [0.25, 0.3) is 0 Å². The Kier molecular flexibility index (Phi) is 5.88. The fourth-order valence-corrected chi connectivity index (χ4v) is 1.59. The van der Waals surface area contributed by atoms with E-state index in [9.17, 15) is 0 Å². The zero-order valence-electron chi connectivity index (χ0n) is 9.26. The fourth-order valence-electron chi connectivity index (χ4n) is 1.59. The van der Waals surface area contributed by atoms with Crippen molar-refractivity contribution in [1.82, 2.24) is 0 Å². The van der Waals surface area contributed by atoms with E-state index in [-0.39, 0.29) is 6.29 Å². The standard InChI is InChI=1S/C12H22O2/c1-3-4-5-6-7-8-12-13-9-11(2)10-14-12/h12H,2-10H2,1H3. The first-order valence-electron chi connectivity index (χ1n) is 5.72. The van der Waals surface area contributed by atoms with Crippen molar-refractivity contribution in [3.63, 3.8) is 0 Å². The van der Waals surface area contributed by atoms with Crippen LogP contribution in [0.25, 0.3) is 0 Å². The molecular weight excluding hydrogens is 176 g/mol. The van der Waals surface area contributed by atoms with Crippen molar-refractivity contribution >= 4 is 0 Å². The van der Waals surface area contributed by atoms with Crippen molar-refractivity contribution in [2.45, 2.75) is 51.7 Å². The Morgan fingerprint density at radius 1 is 1.14 bits per heavy atom. The van der Waals surface area contributed by atoms with E-state index in [1.54, 1.807) is 0 Å². The predicted octanol–water partition coefficient (Wildman–Crippen LogP) is 3.28. The van der Waals surface area contributed by atoms with Gasteiger partial charge in [0.05, 0.1) is 13.2 Å². The minimum atomic E-state index is 0.0297. The third kappa shape index (κ3) is 4.77. The topological polar surface area (TPSA) is 18.5 Å². The van der Waals surface area contributed by atoms with Crippen LogP contribution in [-0.4, -0.2) is 19.5 Å². The van der Waals surface area contributed by atoms with Gasteiger partial charge in [-0.1, -0.05) is 39.2 Å². The molecule has 0 aliphatic carbocycles. The van der Waals surface area contributed by atoms with Gasteiger partial charge in [-0.3, -0.25) is 0 Å². The highest BCUT2D eigenvalue weighted by molar-refractivity contribution is 4.96. The molecule has 2 heteroatoms. The Morgan fingerprint density at radius 2 is 1.79 bits per heavy atom. The molecular formula is C12H22O2. The molecule has 1 heterocycles. The van der Waals surface area contributed by atoms with Crippen molar-refractivity contribution in [3.8, 4) is 0 Å². The van der Waals surface area contributed by atoms with E-state index in [4.69, 9.17) is 9.47 Å². The summed E-state index contributed by atoms with van der Waals surface area (Å²) in [5.41, 5.74) is 1.05. The van der Waals surface area contributed by atoms with Crippen LogP contribution < -0.4 is 0 Å². The Hall–Kier alpha value is -0.340. The van der Waals surface area contributed by atoms with Crippen LogP contribution >= 0.6 is 0 Å². The van der Waals surface area contributed by atoms with Gasteiger partial charge in [-0.15, -0.1) is 0 Å². The highest BCUT2D eigenvalue weighted by atomic mass is 16.7. The van der Waals surface area contributed by atoms with Crippen LogP contribution in [0.1, 0.15) is 45.4 Å². The summed E-state index contributed by atoms with van der Waals surface area (Å²) in [5.74, 6) is 0. The van der Waals surface area contributed by atoms with E-state index in [1.807, 2.05) is 0 Å². The van der Waals surface area contributed by atoms with Gasteiger partial charge in [-0.05, 0) is 18.4 Å². The lowest BCUT2D eigenvalue weighted by molar-refractivity contribution is -0.160. The third-order valence-electron chi connectivity index (χ3n) is 2.49. The van der Waals surface area contributed by atoms with Gasteiger partial charge in [-0.25, -0.2) is 0 Å². The first kappa shape index (κ1) is 11.7. The lowest BCUT2D eigenvalue weighted by Crippen LogP contribution is -2.26. The molecule has 1 rings (SSSR count). The first-order valence-corrected chi connectivity index (χ1v) is 5.72. The van der Waals surface area contributed by atoms with Gasteiger partial charge < -0.3 is 9.47 Å². The summed E-state index contributed by atoms with van der Waals surface area (Å²) in [6, 6.07) is 0. The zero-order chi connectivity index (χ0) is 10.2. The summed E-state index contributed by atoms with van der Waals surface area (Å²) in [7, 11) is 0. The van der Waals surface area contributed by atoms with E-state index in [0.29, 0.717) is 13.2 Å². The molecule has 0 unspecified atom stereocenters. The Balaban J connectivity index is 1.94. The largest absolute Gasteiger partial charge is 0.348 e. The molecule has 0 aromatic carbocycles. The third-order valence-corrected chi connectivity index (χ3v) is 2.49. The molecule has 0 spiro atoms. The summed E-state index contributed by atoms with van der Waals surface area (Å²) in [6.45, 7) is 7.41. The fraction of sp³-hybridized carbons (Fsp3) is 0.833. The number of hydrogen-bond donors (Lipinski definition) is 0. The average molecular weight is 198 g/mol. The van der Waals surface area contributed by atoms with Crippen LogP contribution in [0.4, 0.5) is 0 Å². The van der Waals surface area contributed by atoms with E-state index in [2.05, 4.69) is 13.5 Å². The maximum absolute atomic E-state index is 5.47. The van der Waals surface area contributed by atoms with Crippen molar-refractivity contribution in [2.75, 3.05) is 13.2 Å². The van der Waals surface area contributed by atoms with Crippen molar-refractivity contribution in [1.29, 1.82) is 0 Å². The van der Waals surface area contributed by atoms with Gasteiger partial charge in [0.2, 0.25) is 0 Å². The maximum atomic E-state index is 5.47. The number of rotatable bonds is 6. The molecule has 0 N–H and O–H groups in total. The summed E-state index contributed by atoms with van der Waals surface area (Å²) in [4.78, 5) is 0. The number of unbranched alkanes of at least 4 members (excludes halogenated alkanes) is 4. The second-order valence-electron chi connectivity index (χ2n) is 4.00. The highest BCUT2D eigenvalue weighted by Crippen LogP contribution is 2.15. The summed E-state index contributed by atoms with van der Waals surface area (Å²) >= 11 is 0. The minimum absolute atomic E-state index is 0.0297. The second-order valence-corrected chi connectivity index (χ2v) is 4.00.